The topological polar surface area (TPSA) is 108 Å². The minimum Gasteiger partial charge on any atom is -0.358 e. The van der Waals surface area contributed by atoms with Gasteiger partial charge in [-0.25, -0.2) is 9.97 Å². The molecule has 0 radical (unpaired) electrons. The second-order valence-corrected chi connectivity index (χ2v) is 9.50. The number of rotatable bonds is 7. The van der Waals surface area contributed by atoms with E-state index in [1.54, 1.807) is 18.6 Å². The monoisotopic (exact) mass is 486 g/mol. The van der Waals surface area contributed by atoms with Crippen molar-refractivity contribution in [2.75, 3.05) is 5.32 Å². The van der Waals surface area contributed by atoms with Gasteiger partial charge in [0.05, 0.1) is 28.8 Å². The maximum Gasteiger partial charge on any atom is 0.138 e. The quantitative estimate of drug-likeness (QED) is 0.235. The molecule has 0 amide bonds. The Morgan fingerprint density at radius 3 is 2.73 bits per heavy atom. The van der Waals surface area contributed by atoms with Crippen molar-refractivity contribution in [3.8, 4) is 33.8 Å². The molecule has 0 saturated carbocycles. The highest BCUT2D eigenvalue weighted by molar-refractivity contribution is 5.98. The van der Waals surface area contributed by atoms with Gasteiger partial charge in [0.25, 0.3) is 0 Å². The van der Waals surface area contributed by atoms with Crippen molar-refractivity contribution in [3.63, 3.8) is 0 Å². The van der Waals surface area contributed by atoms with Gasteiger partial charge in [0, 0.05) is 47.0 Å². The number of aromatic nitrogens is 7. The lowest BCUT2D eigenvalue weighted by atomic mass is 10.1. The fourth-order valence-electron chi connectivity index (χ4n) is 4.57. The smallest absolute Gasteiger partial charge is 0.138 e. The zero-order valence-electron chi connectivity index (χ0n) is 20.7. The number of pyridine rings is 4. The van der Waals surface area contributed by atoms with Gasteiger partial charge in [-0.15, -0.1) is 0 Å². The number of aromatic amines is 2. The van der Waals surface area contributed by atoms with Gasteiger partial charge in [0.2, 0.25) is 0 Å². The largest absolute Gasteiger partial charge is 0.358 e. The highest BCUT2D eigenvalue weighted by Crippen LogP contribution is 2.33. The molecule has 8 heteroatoms. The van der Waals surface area contributed by atoms with Crippen LogP contribution >= 0.6 is 0 Å². The summed E-state index contributed by atoms with van der Waals surface area (Å²) in [6.07, 6.45) is 9.94. The van der Waals surface area contributed by atoms with Crippen LogP contribution in [0.1, 0.15) is 20.3 Å². The number of nitrogens with one attached hydrogen (secondary N) is 3. The van der Waals surface area contributed by atoms with Crippen molar-refractivity contribution in [2.24, 2.45) is 5.92 Å². The summed E-state index contributed by atoms with van der Waals surface area (Å²) in [4.78, 5) is 21.6. The number of allylic oxidation sites excluding steroid dienone is 1. The van der Waals surface area contributed by atoms with Crippen molar-refractivity contribution in [1.82, 2.24) is 35.1 Å². The van der Waals surface area contributed by atoms with E-state index in [4.69, 9.17) is 4.98 Å². The van der Waals surface area contributed by atoms with Crippen molar-refractivity contribution in [3.05, 3.63) is 85.7 Å². The van der Waals surface area contributed by atoms with E-state index in [1.807, 2.05) is 48.8 Å². The van der Waals surface area contributed by atoms with E-state index in [2.05, 4.69) is 61.9 Å². The van der Waals surface area contributed by atoms with Crippen LogP contribution in [0, 0.1) is 5.92 Å². The average molecular weight is 487 g/mol. The molecule has 0 bridgehead atoms. The maximum atomic E-state index is 4.97. The number of nitrogens with zero attached hydrogens (tertiary/aromatic N) is 5. The third kappa shape index (κ3) is 4.45. The fraction of sp³-hybridized carbons (Fsp3) is 0.138. The minimum atomic E-state index is 0.528. The number of H-pyrrole nitrogens is 2. The molecule has 0 atom stereocenters. The Labute approximate surface area is 214 Å². The predicted molar refractivity (Wildman–Crippen MR) is 148 cm³/mol. The van der Waals surface area contributed by atoms with Crippen LogP contribution in [0.15, 0.2) is 85.7 Å². The van der Waals surface area contributed by atoms with Crippen LogP contribution in [-0.2, 0) is 0 Å². The second-order valence-electron chi connectivity index (χ2n) is 9.50. The lowest BCUT2D eigenvalue weighted by Gasteiger charge is -2.12. The molecular formula is C29H26N8. The third-order valence-electron chi connectivity index (χ3n) is 6.18. The van der Waals surface area contributed by atoms with Crippen molar-refractivity contribution in [2.45, 2.75) is 20.3 Å². The van der Waals surface area contributed by atoms with Gasteiger partial charge >= 0.3 is 0 Å². The van der Waals surface area contributed by atoms with Crippen LogP contribution < -0.4 is 5.32 Å². The van der Waals surface area contributed by atoms with E-state index < -0.39 is 0 Å². The molecule has 182 valence electrons. The summed E-state index contributed by atoms with van der Waals surface area (Å²) in [6.45, 7) is 8.48. The van der Waals surface area contributed by atoms with Crippen LogP contribution in [0.4, 0.5) is 5.69 Å². The van der Waals surface area contributed by atoms with Crippen LogP contribution in [0.25, 0.3) is 55.8 Å². The Bertz CT molecular complexity index is 1730. The first-order valence-electron chi connectivity index (χ1n) is 12.2. The maximum absolute atomic E-state index is 4.97. The number of hydrogen-bond donors (Lipinski definition) is 3. The SMILES string of the molecule is C=C(CC(C)C)Nc1cncc(-c2ccc3[nH]nc(-c4cc5c(-c6cccnc6)ccnc5[nH]4)c3n2)c1. The Morgan fingerprint density at radius 2 is 1.89 bits per heavy atom. The molecule has 6 rings (SSSR count). The van der Waals surface area contributed by atoms with Crippen LogP contribution in [0.5, 0.6) is 0 Å². The molecule has 0 unspecified atom stereocenters. The van der Waals surface area contributed by atoms with Gasteiger partial charge in [-0.3, -0.25) is 15.1 Å². The molecule has 3 N–H and O–H groups in total. The Kier molecular flexibility index (Phi) is 5.69. The summed E-state index contributed by atoms with van der Waals surface area (Å²) in [7, 11) is 0. The summed E-state index contributed by atoms with van der Waals surface area (Å²) < 4.78 is 0. The van der Waals surface area contributed by atoms with E-state index in [1.165, 1.54) is 0 Å². The standard InChI is InChI=1S/C29H26N8/c1-17(2)11-18(3)33-21-12-20(15-31-16-21)24-6-7-25-27(34-24)28(37-36-25)26-13-23-22(8-10-32-29(23)35-26)19-5-4-9-30-14-19/h4-10,12-17,33H,3,11H2,1-2H3,(H,32,35)(H,36,37). The average Bonchev–Trinajstić information content (AvgIpc) is 3.52. The molecular weight excluding hydrogens is 460 g/mol. The molecule has 6 aromatic heterocycles. The molecule has 8 nitrogen and oxygen atoms in total. The van der Waals surface area contributed by atoms with Gasteiger partial charge < -0.3 is 10.3 Å². The van der Waals surface area contributed by atoms with Crippen molar-refractivity contribution < 1.29 is 0 Å². The van der Waals surface area contributed by atoms with Crippen molar-refractivity contribution >= 4 is 27.8 Å². The second kappa shape index (κ2) is 9.31. The lowest BCUT2D eigenvalue weighted by Crippen LogP contribution is -2.02. The van der Waals surface area contributed by atoms with Gasteiger partial charge in [-0.05, 0) is 54.3 Å². The molecule has 0 aliphatic rings. The summed E-state index contributed by atoms with van der Waals surface area (Å²) in [5.41, 5.74) is 9.66. The first-order chi connectivity index (χ1) is 18.0. The van der Waals surface area contributed by atoms with E-state index >= 15 is 0 Å². The van der Waals surface area contributed by atoms with E-state index in [0.29, 0.717) is 5.92 Å². The van der Waals surface area contributed by atoms with E-state index in [9.17, 15) is 0 Å². The predicted octanol–water partition coefficient (Wildman–Crippen LogP) is 6.60. The zero-order valence-corrected chi connectivity index (χ0v) is 20.7. The first kappa shape index (κ1) is 22.6. The third-order valence-corrected chi connectivity index (χ3v) is 6.18. The van der Waals surface area contributed by atoms with Crippen LogP contribution in [0.3, 0.4) is 0 Å². The van der Waals surface area contributed by atoms with Crippen molar-refractivity contribution in [1.29, 1.82) is 0 Å². The molecule has 6 heterocycles. The summed E-state index contributed by atoms with van der Waals surface area (Å²) in [6, 6.07) is 14.1. The van der Waals surface area contributed by atoms with Crippen LogP contribution in [0.2, 0.25) is 0 Å². The van der Waals surface area contributed by atoms with Gasteiger partial charge in [-0.2, -0.15) is 5.10 Å². The lowest BCUT2D eigenvalue weighted by molar-refractivity contribution is 0.645. The molecule has 0 aliphatic heterocycles. The normalized spacial score (nSPS) is 11.4. The van der Waals surface area contributed by atoms with E-state index in [-0.39, 0.29) is 0 Å². The molecule has 37 heavy (non-hydrogen) atoms. The number of anilines is 1. The zero-order chi connectivity index (χ0) is 25.4. The minimum absolute atomic E-state index is 0.528. The molecule has 0 aromatic carbocycles. The van der Waals surface area contributed by atoms with Gasteiger partial charge in [0.15, 0.2) is 0 Å². The molecule has 0 aliphatic carbocycles. The molecule has 0 spiro atoms. The molecule has 0 saturated heterocycles. The summed E-state index contributed by atoms with van der Waals surface area (Å²) in [5.74, 6) is 0.528. The first-order valence-corrected chi connectivity index (χ1v) is 12.2. The summed E-state index contributed by atoms with van der Waals surface area (Å²) in [5, 5.41) is 12.1. The van der Waals surface area contributed by atoms with E-state index in [0.717, 1.165) is 73.6 Å². The highest BCUT2D eigenvalue weighted by Gasteiger charge is 2.16. The Balaban J connectivity index is 1.38. The highest BCUT2D eigenvalue weighted by atomic mass is 15.1. The molecule has 6 aromatic rings. The summed E-state index contributed by atoms with van der Waals surface area (Å²) >= 11 is 0. The Morgan fingerprint density at radius 1 is 1.00 bits per heavy atom. The Hall–Kier alpha value is -4.85. The molecule has 0 fully saturated rings. The van der Waals surface area contributed by atoms with Crippen LogP contribution in [-0.4, -0.2) is 35.1 Å². The van der Waals surface area contributed by atoms with Gasteiger partial charge in [0.1, 0.15) is 16.9 Å². The fourth-order valence-corrected chi connectivity index (χ4v) is 4.57. The number of fused-ring (bicyclic) bond motifs is 2. The van der Waals surface area contributed by atoms with Gasteiger partial charge in [-0.1, -0.05) is 26.5 Å². The number of hydrogen-bond acceptors (Lipinski definition) is 6.